The molecule has 3 rings (SSSR count). The normalized spacial score (nSPS) is 21.4. The van der Waals surface area contributed by atoms with Crippen LogP contribution in [-0.2, 0) is 11.3 Å². The predicted molar refractivity (Wildman–Crippen MR) is 90.2 cm³/mol. The fourth-order valence-electron chi connectivity index (χ4n) is 3.72. The van der Waals surface area contributed by atoms with E-state index in [4.69, 9.17) is 10.5 Å². The standard InChI is InChI=1S/C18H27N3O2/c1-23-16-7-3-2-6-15(16)14-20-10-12-21(13-11-20)17(22)18(19)8-4-5-9-18/h2-3,6-7H,4-5,8-14,19H2,1H3. The van der Waals surface area contributed by atoms with E-state index in [-0.39, 0.29) is 5.91 Å². The number of nitrogens with zero attached hydrogens (tertiary/aromatic N) is 2. The zero-order chi connectivity index (χ0) is 16.3. The maximum Gasteiger partial charge on any atom is 0.242 e. The molecule has 0 bridgehead atoms. The van der Waals surface area contributed by atoms with E-state index in [9.17, 15) is 4.79 Å². The third-order valence-corrected chi connectivity index (χ3v) is 5.17. The summed E-state index contributed by atoms with van der Waals surface area (Å²) in [6.07, 6.45) is 3.84. The number of methoxy groups -OCH3 is 1. The van der Waals surface area contributed by atoms with Gasteiger partial charge in [-0.3, -0.25) is 9.69 Å². The Morgan fingerprint density at radius 3 is 2.48 bits per heavy atom. The largest absolute Gasteiger partial charge is 0.496 e. The van der Waals surface area contributed by atoms with Crippen molar-refractivity contribution in [3.63, 3.8) is 0 Å². The molecule has 23 heavy (non-hydrogen) atoms. The molecule has 1 saturated carbocycles. The van der Waals surface area contributed by atoms with Crippen LogP contribution in [0.4, 0.5) is 0 Å². The highest BCUT2D eigenvalue weighted by molar-refractivity contribution is 5.86. The van der Waals surface area contributed by atoms with Crippen LogP contribution in [-0.4, -0.2) is 54.5 Å². The number of para-hydroxylation sites is 1. The SMILES string of the molecule is COc1ccccc1CN1CCN(C(=O)C2(N)CCCC2)CC1. The van der Waals surface area contributed by atoms with Gasteiger partial charge < -0.3 is 15.4 Å². The molecular weight excluding hydrogens is 290 g/mol. The van der Waals surface area contributed by atoms with Gasteiger partial charge >= 0.3 is 0 Å². The highest BCUT2D eigenvalue weighted by atomic mass is 16.5. The van der Waals surface area contributed by atoms with Crippen LogP contribution in [0.15, 0.2) is 24.3 Å². The number of rotatable bonds is 4. The molecule has 2 aliphatic rings. The van der Waals surface area contributed by atoms with E-state index >= 15 is 0 Å². The van der Waals surface area contributed by atoms with Gasteiger partial charge in [0.1, 0.15) is 5.75 Å². The highest BCUT2D eigenvalue weighted by Gasteiger charge is 2.40. The summed E-state index contributed by atoms with van der Waals surface area (Å²) in [5.74, 6) is 1.09. The van der Waals surface area contributed by atoms with Crippen molar-refractivity contribution in [2.45, 2.75) is 37.8 Å². The minimum absolute atomic E-state index is 0.159. The first kappa shape index (κ1) is 16.3. The number of ether oxygens (including phenoxy) is 1. The number of hydrogen-bond donors (Lipinski definition) is 1. The summed E-state index contributed by atoms with van der Waals surface area (Å²) in [5, 5.41) is 0. The molecule has 0 radical (unpaired) electrons. The molecule has 2 fully saturated rings. The van der Waals surface area contributed by atoms with Gasteiger partial charge in [-0.15, -0.1) is 0 Å². The molecule has 0 atom stereocenters. The van der Waals surface area contributed by atoms with E-state index < -0.39 is 5.54 Å². The first-order valence-corrected chi connectivity index (χ1v) is 8.55. The van der Waals surface area contributed by atoms with E-state index in [1.165, 1.54) is 5.56 Å². The average Bonchev–Trinajstić information content (AvgIpc) is 3.03. The van der Waals surface area contributed by atoms with Crippen molar-refractivity contribution >= 4 is 5.91 Å². The van der Waals surface area contributed by atoms with Crippen molar-refractivity contribution in [1.82, 2.24) is 9.80 Å². The van der Waals surface area contributed by atoms with E-state index in [0.29, 0.717) is 0 Å². The van der Waals surface area contributed by atoms with Gasteiger partial charge in [0, 0.05) is 38.3 Å². The Hall–Kier alpha value is -1.59. The van der Waals surface area contributed by atoms with Crippen LogP contribution in [0, 0.1) is 0 Å². The van der Waals surface area contributed by atoms with Crippen molar-refractivity contribution in [3.8, 4) is 5.75 Å². The number of piperazine rings is 1. The number of hydrogen-bond acceptors (Lipinski definition) is 4. The molecule has 1 aromatic carbocycles. The summed E-state index contributed by atoms with van der Waals surface area (Å²) < 4.78 is 5.42. The zero-order valence-corrected chi connectivity index (χ0v) is 14.0. The third-order valence-electron chi connectivity index (χ3n) is 5.17. The quantitative estimate of drug-likeness (QED) is 0.916. The van der Waals surface area contributed by atoms with Crippen molar-refractivity contribution < 1.29 is 9.53 Å². The average molecular weight is 317 g/mol. The van der Waals surface area contributed by atoms with E-state index in [0.717, 1.165) is 64.2 Å². The zero-order valence-electron chi connectivity index (χ0n) is 14.0. The Balaban J connectivity index is 1.55. The second-order valence-corrected chi connectivity index (χ2v) is 6.74. The number of amides is 1. The van der Waals surface area contributed by atoms with E-state index in [1.807, 2.05) is 23.1 Å². The molecule has 1 aliphatic heterocycles. The van der Waals surface area contributed by atoms with Crippen molar-refractivity contribution in [3.05, 3.63) is 29.8 Å². The van der Waals surface area contributed by atoms with Crippen LogP contribution in [0.25, 0.3) is 0 Å². The first-order valence-electron chi connectivity index (χ1n) is 8.55. The summed E-state index contributed by atoms with van der Waals surface area (Å²) in [6.45, 7) is 4.18. The lowest BCUT2D eigenvalue weighted by Gasteiger charge is -2.38. The Morgan fingerprint density at radius 1 is 1.17 bits per heavy atom. The van der Waals surface area contributed by atoms with Crippen LogP contribution in [0.2, 0.25) is 0 Å². The summed E-state index contributed by atoms with van der Waals surface area (Å²) in [5.41, 5.74) is 6.91. The topological polar surface area (TPSA) is 58.8 Å². The first-order chi connectivity index (χ1) is 11.1. The molecule has 0 aromatic heterocycles. The second kappa shape index (κ2) is 6.89. The fraction of sp³-hybridized carbons (Fsp3) is 0.611. The van der Waals surface area contributed by atoms with Crippen LogP contribution >= 0.6 is 0 Å². The minimum Gasteiger partial charge on any atom is -0.496 e. The Labute approximate surface area is 138 Å². The molecule has 0 spiro atoms. The summed E-state index contributed by atoms with van der Waals surface area (Å²) in [7, 11) is 1.71. The second-order valence-electron chi connectivity index (χ2n) is 6.74. The highest BCUT2D eigenvalue weighted by Crippen LogP contribution is 2.29. The van der Waals surface area contributed by atoms with Gasteiger partial charge in [0.15, 0.2) is 0 Å². The summed E-state index contributed by atoms with van der Waals surface area (Å²) >= 11 is 0. The number of nitrogens with two attached hydrogens (primary N) is 1. The molecule has 5 heteroatoms. The molecule has 1 saturated heterocycles. The van der Waals surface area contributed by atoms with Crippen LogP contribution in [0.1, 0.15) is 31.2 Å². The molecule has 1 aliphatic carbocycles. The Morgan fingerprint density at radius 2 is 1.83 bits per heavy atom. The molecule has 0 unspecified atom stereocenters. The fourth-order valence-corrected chi connectivity index (χ4v) is 3.72. The van der Waals surface area contributed by atoms with Crippen LogP contribution < -0.4 is 10.5 Å². The Kier molecular flexibility index (Phi) is 4.87. The summed E-state index contributed by atoms with van der Waals surface area (Å²) in [4.78, 5) is 17.0. The maximum absolute atomic E-state index is 12.6. The molecule has 1 heterocycles. The molecule has 126 valence electrons. The molecule has 2 N–H and O–H groups in total. The van der Waals surface area contributed by atoms with Gasteiger partial charge in [0.05, 0.1) is 12.6 Å². The molecule has 5 nitrogen and oxygen atoms in total. The molecular formula is C18H27N3O2. The maximum atomic E-state index is 12.6. The number of carbonyl (C=O) groups excluding carboxylic acids is 1. The van der Waals surface area contributed by atoms with E-state index in [2.05, 4.69) is 11.0 Å². The van der Waals surface area contributed by atoms with Gasteiger partial charge in [-0.1, -0.05) is 31.0 Å². The van der Waals surface area contributed by atoms with E-state index in [1.54, 1.807) is 7.11 Å². The number of benzene rings is 1. The van der Waals surface area contributed by atoms with Crippen molar-refractivity contribution in [2.24, 2.45) is 5.73 Å². The molecule has 1 amide bonds. The van der Waals surface area contributed by atoms with Crippen molar-refractivity contribution in [1.29, 1.82) is 0 Å². The lowest BCUT2D eigenvalue weighted by molar-refractivity contribution is -0.138. The van der Waals surface area contributed by atoms with Gasteiger partial charge in [0.2, 0.25) is 5.91 Å². The summed E-state index contributed by atoms with van der Waals surface area (Å²) in [6, 6.07) is 8.12. The van der Waals surface area contributed by atoms with Gasteiger partial charge in [-0.25, -0.2) is 0 Å². The predicted octanol–water partition coefficient (Wildman–Crippen LogP) is 1.61. The van der Waals surface area contributed by atoms with Crippen LogP contribution in [0.3, 0.4) is 0 Å². The van der Waals surface area contributed by atoms with Gasteiger partial charge in [-0.05, 0) is 18.9 Å². The smallest absolute Gasteiger partial charge is 0.242 e. The van der Waals surface area contributed by atoms with Crippen LogP contribution in [0.5, 0.6) is 5.75 Å². The Bertz CT molecular complexity index is 547. The number of carbonyl (C=O) groups is 1. The van der Waals surface area contributed by atoms with Gasteiger partial charge in [-0.2, -0.15) is 0 Å². The lowest BCUT2D eigenvalue weighted by atomic mass is 9.97. The molecule has 1 aromatic rings. The van der Waals surface area contributed by atoms with Crippen molar-refractivity contribution in [2.75, 3.05) is 33.3 Å². The third kappa shape index (κ3) is 3.51. The lowest BCUT2D eigenvalue weighted by Crippen LogP contribution is -2.58. The minimum atomic E-state index is -0.592. The van der Waals surface area contributed by atoms with Gasteiger partial charge in [0.25, 0.3) is 0 Å². The monoisotopic (exact) mass is 317 g/mol.